The molecule has 35 heavy (non-hydrogen) atoms. The fourth-order valence-corrected chi connectivity index (χ4v) is 2.88. The van der Waals surface area contributed by atoms with Crippen molar-refractivity contribution in [2.24, 2.45) is 5.92 Å². The average molecular weight is 471 g/mol. The second-order valence-electron chi connectivity index (χ2n) is 8.33. The van der Waals surface area contributed by atoms with E-state index in [-0.39, 0.29) is 17.7 Å². The van der Waals surface area contributed by atoms with Gasteiger partial charge in [-0.15, -0.1) is 0 Å². The van der Waals surface area contributed by atoms with Gasteiger partial charge >= 0.3 is 11.9 Å². The van der Waals surface area contributed by atoms with E-state index in [9.17, 15) is 14.0 Å². The molecule has 0 N–H and O–H groups in total. The molecule has 0 radical (unpaired) electrons. The lowest BCUT2D eigenvalue weighted by Crippen LogP contribution is -2.14. The highest BCUT2D eigenvalue weighted by Gasteiger charge is 2.09. The van der Waals surface area contributed by atoms with Crippen LogP contribution in [0.1, 0.15) is 43.0 Å². The van der Waals surface area contributed by atoms with Crippen LogP contribution in [0.2, 0.25) is 0 Å². The lowest BCUT2D eigenvalue weighted by molar-refractivity contribution is -0.137. The zero-order chi connectivity index (χ0) is 25.4. The van der Waals surface area contributed by atoms with Gasteiger partial charge in [0, 0.05) is 11.1 Å². The van der Waals surface area contributed by atoms with E-state index in [0.29, 0.717) is 22.6 Å². The molecule has 0 spiro atoms. The largest absolute Gasteiger partial charge is 0.426 e. The second-order valence-corrected chi connectivity index (χ2v) is 8.33. The second kappa shape index (κ2) is 11.7. The van der Waals surface area contributed by atoms with Crippen LogP contribution < -0.4 is 9.47 Å². The number of rotatable bonds is 8. The number of esters is 2. The Morgan fingerprint density at radius 1 is 0.771 bits per heavy atom. The van der Waals surface area contributed by atoms with E-state index in [0.717, 1.165) is 16.7 Å². The molecule has 0 aliphatic heterocycles. The molecule has 5 heteroatoms. The molecule has 0 aliphatic carbocycles. The van der Waals surface area contributed by atoms with Gasteiger partial charge in [-0.2, -0.15) is 0 Å². The summed E-state index contributed by atoms with van der Waals surface area (Å²) in [5, 5.41) is 0. The molecule has 178 valence electrons. The third kappa shape index (κ3) is 7.64. The Morgan fingerprint density at radius 2 is 1.26 bits per heavy atom. The molecule has 3 aromatic rings. The normalized spacial score (nSPS) is 11.2. The fourth-order valence-electron chi connectivity index (χ4n) is 2.88. The molecule has 3 aromatic carbocycles. The third-order valence-electron chi connectivity index (χ3n) is 4.96. The van der Waals surface area contributed by atoms with Gasteiger partial charge in [0.2, 0.25) is 0 Å². The summed E-state index contributed by atoms with van der Waals surface area (Å²) in [5.74, 6) is -0.380. The SMILES string of the molecule is C=C(C)C(=O)Oc1ccc(/C=C/c2ccc(/C=C/c3ccc(OC(=O)C(C)C)cc3)cc2F)cc1. The molecule has 4 nitrogen and oxygen atoms in total. The van der Waals surface area contributed by atoms with Crippen molar-refractivity contribution in [3.8, 4) is 11.5 Å². The Bertz CT molecular complexity index is 1270. The minimum atomic E-state index is -0.478. The predicted octanol–water partition coefficient (Wildman–Crippen LogP) is 7.21. The first-order valence-corrected chi connectivity index (χ1v) is 11.2. The minimum Gasteiger partial charge on any atom is -0.426 e. The summed E-state index contributed by atoms with van der Waals surface area (Å²) in [5.41, 5.74) is 3.24. The van der Waals surface area contributed by atoms with Gasteiger partial charge in [0.15, 0.2) is 0 Å². The van der Waals surface area contributed by atoms with Crippen molar-refractivity contribution in [2.45, 2.75) is 20.8 Å². The molecular weight excluding hydrogens is 443 g/mol. The Hall–Kier alpha value is -4.25. The van der Waals surface area contributed by atoms with Crippen molar-refractivity contribution in [1.29, 1.82) is 0 Å². The maximum atomic E-state index is 14.6. The highest BCUT2D eigenvalue weighted by molar-refractivity contribution is 5.88. The zero-order valence-corrected chi connectivity index (χ0v) is 20.0. The van der Waals surface area contributed by atoms with Crippen LogP contribution in [0.3, 0.4) is 0 Å². The summed E-state index contributed by atoms with van der Waals surface area (Å²) in [7, 11) is 0. The van der Waals surface area contributed by atoms with Gasteiger partial charge in [-0.05, 0) is 53.9 Å². The van der Waals surface area contributed by atoms with E-state index < -0.39 is 5.97 Å². The number of hydrogen-bond acceptors (Lipinski definition) is 4. The van der Waals surface area contributed by atoms with E-state index in [1.807, 2.05) is 30.4 Å². The molecule has 0 amide bonds. The Morgan fingerprint density at radius 3 is 1.77 bits per heavy atom. The van der Waals surface area contributed by atoms with E-state index in [2.05, 4.69) is 6.58 Å². The quantitative estimate of drug-likeness (QED) is 0.151. The van der Waals surface area contributed by atoms with Crippen LogP contribution >= 0.6 is 0 Å². The zero-order valence-electron chi connectivity index (χ0n) is 20.0. The first kappa shape index (κ1) is 25.4. The maximum absolute atomic E-state index is 14.6. The van der Waals surface area contributed by atoms with Crippen LogP contribution in [0.5, 0.6) is 11.5 Å². The van der Waals surface area contributed by atoms with E-state index >= 15 is 0 Å². The van der Waals surface area contributed by atoms with Gasteiger partial charge in [0.1, 0.15) is 17.3 Å². The van der Waals surface area contributed by atoms with Gasteiger partial charge in [0.05, 0.1) is 5.92 Å². The van der Waals surface area contributed by atoms with Crippen LogP contribution in [0.4, 0.5) is 4.39 Å². The molecule has 0 atom stereocenters. The fraction of sp³-hybridized carbons (Fsp3) is 0.133. The van der Waals surface area contributed by atoms with Gasteiger partial charge in [-0.1, -0.05) is 81.1 Å². The van der Waals surface area contributed by atoms with Crippen LogP contribution in [-0.2, 0) is 9.59 Å². The topological polar surface area (TPSA) is 52.6 Å². The van der Waals surface area contributed by atoms with E-state index in [1.54, 1.807) is 75.4 Å². The number of carbonyl (C=O) groups is 2. The number of ether oxygens (including phenoxy) is 2. The first-order valence-electron chi connectivity index (χ1n) is 11.2. The van der Waals surface area contributed by atoms with E-state index in [1.165, 1.54) is 6.07 Å². The lowest BCUT2D eigenvalue weighted by atomic mass is 10.1. The monoisotopic (exact) mass is 470 g/mol. The standard InChI is InChI=1S/C30H27FO4/c1-20(2)29(32)34-26-15-9-22(10-16-26)5-6-24-8-14-25(28(31)19-24)13-7-23-11-17-27(18-12-23)35-30(33)21(3)4/h5-20H,3H2,1-2,4H3/b6-5+,13-7+. The van der Waals surface area contributed by atoms with Crippen LogP contribution in [0.15, 0.2) is 78.9 Å². The molecule has 0 heterocycles. The summed E-state index contributed by atoms with van der Waals surface area (Å²) < 4.78 is 25.0. The number of halogens is 1. The smallest absolute Gasteiger partial charge is 0.338 e. The summed E-state index contributed by atoms with van der Waals surface area (Å²) in [6.45, 7) is 8.69. The molecule has 0 aliphatic rings. The third-order valence-corrected chi connectivity index (χ3v) is 4.96. The van der Waals surface area contributed by atoms with Crippen molar-refractivity contribution < 1.29 is 23.5 Å². The van der Waals surface area contributed by atoms with Crippen LogP contribution in [0, 0.1) is 11.7 Å². The summed E-state index contributed by atoms with van der Waals surface area (Å²) in [4.78, 5) is 23.2. The minimum absolute atomic E-state index is 0.193. The number of hydrogen-bond donors (Lipinski definition) is 0. The Balaban J connectivity index is 1.61. The number of benzene rings is 3. The Kier molecular flexibility index (Phi) is 8.52. The summed E-state index contributed by atoms with van der Waals surface area (Å²) >= 11 is 0. The van der Waals surface area contributed by atoms with Crippen LogP contribution in [-0.4, -0.2) is 11.9 Å². The average Bonchev–Trinajstić information content (AvgIpc) is 2.83. The predicted molar refractivity (Wildman–Crippen MR) is 138 cm³/mol. The highest BCUT2D eigenvalue weighted by atomic mass is 19.1. The van der Waals surface area contributed by atoms with E-state index in [4.69, 9.17) is 9.47 Å². The molecule has 3 rings (SSSR count). The Labute approximate surface area is 205 Å². The van der Waals surface area contributed by atoms with Crippen molar-refractivity contribution in [2.75, 3.05) is 0 Å². The van der Waals surface area contributed by atoms with Crippen LogP contribution in [0.25, 0.3) is 24.3 Å². The molecule has 0 saturated heterocycles. The van der Waals surface area contributed by atoms with Crippen molar-refractivity contribution in [1.82, 2.24) is 0 Å². The number of carbonyl (C=O) groups excluding carboxylic acids is 2. The summed E-state index contributed by atoms with van der Waals surface area (Å²) in [6.07, 6.45) is 7.15. The lowest BCUT2D eigenvalue weighted by Gasteiger charge is -2.06. The maximum Gasteiger partial charge on any atom is 0.338 e. The van der Waals surface area contributed by atoms with Crippen molar-refractivity contribution in [3.63, 3.8) is 0 Å². The molecule has 0 bridgehead atoms. The van der Waals surface area contributed by atoms with Crippen molar-refractivity contribution >= 4 is 36.2 Å². The summed E-state index contributed by atoms with van der Waals surface area (Å²) in [6, 6.07) is 19.0. The van der Waals surface area contributed by atoms with Gasteiger partial charge in [-0.25, -0.2) is 9.18 Å². The van der Waals surface area contributed by atoms with Gasteiger partial charge in [-0.3, -0.25) is 4.79 Å². The molecule has 0 saturated carbocycles. The molecule has 0 fully saturated rings. The highest BCUT2D eigenvalue weighted by Crippen LogP contribution is 2.19. The molecule has 0 unspecified atom stereocenters. The molecular formula is C30H27FO4. The first-order chi connectivity index (χ1) is 16.7. The molecule has 0 aromatic heterocycles. The van der Waals surface area contributed by atoms with Gasteiger partial charge in [0.25, 0.3) is 0 Å². The van der Waals surface area contributed by atoms with Crippen molar-refractivity contribution in [3.05, 3.63) is 107 Å². The van der Waals surface area contributed by atoms with Gasteiger partial charge < -0.3 is 9.47 Å².